The number of hydrazine groups is 1. The minimum atomic E-state index is -1.24. The van der Waals surface area contributed by atoms with Gasteiger partial charge in [-0.1, -0.05) is 6.07 Å². The van der Waals surface area contributed by atoms with E-state index < -0.39 is 11.9 Å². The van der Waals surface area contributed by atoms with Crippen molar-refractivity contribution >= 4 is 11.9 Å². The Bertz CT molecular complexity index is 403. The van der Waals surface area contributed by atoms with Crippen LogP contribution in [0, 0.1) is 0 Å². The third kappa shape index (κ3) is 2.05. The second kappa shape index (κ2) is 4.43. The van der Waals surface area contributed by atoms with Crippen molar-refractivity contribution in [1.29, 1.82) is 0 Å². The molecule has 6 nitrogen and oxygen atoms in total. The zero-order valence-corrected chi connectivity index (χ0v) is 7.98. The van der Waals surface area contributed by atoms with Crippen molar-refractivity contribution in [2.24, 2.45) is 5.84 Å². The lowest BCUT2D eigenvalue weighted by atomic mass is 10.1. The van der Waals surface area contributed by atoms with Gasteiger partial charge in [0.05, 0.1) is 12.7 Å². The lowest BCUT2D eigenvalue weighted by Gasteiger charge is -2.08. The molecule has 0 saturated heterocycles. The van der Waals surface area contributed by atoms with Crippen LogP contribution in [0.15, 0.2) is 18.2 Å². The van der Waals surface area contributed by atoms with Gasteiger partial charge in [0.15, 0.2) is 0 Å². The highest BCUT2D eigenvalue weighted by Crippen LogP contribution is 2.21. The van der Waals surface area contributed by atoms with Gasteiger partial charge in [-0.15, -0.1) is 0 Å². The fraction of sp³-hybridized carbons (Fsp3) is 0.111. The van der Waals surface area contributed by atoms with E-state index in [0.29, 0.717) is 0 Å². The van der Waals surface area contributed by atoms with Crippen LogP contribution in [-0.4, -0.2) is 24.1 Å². The zero-order valence-electron chi connectivity index (χ0n) is 7.98. The Morgan fingerprint density at radius 2 is 2.13 bits per heavy atom. The number of carbonyl (C=O) groups excluding carboxylic acids is 1. The van der Waals surface area contributed by atoms with Crippen LogP contribution < -0.4 is 16.0 Å². The van der Waals surface area contributed by atoms with Crippen LogP contribution in [0.2, 0.25) is 0 Å². The fourth-order valence-corrected chi connectivity index (χ4v) is 1.19. The number of carboxylic acid groups (broad SMARTS) is 1. The molecule has 1 rings (SSSR count). The Kier molecular flexibility index (Phi) is 3.25. The van der Waals surface area contributed by atoms with Gasteiger partial charge in [-0.3, -0.25) is 10.2 Å². The van der Waals surface area contributed by atoms with Crippen molar-refractivity contribution in [3.63, 3.8) is 0 Å². The normalized spacial score (nSPS) is 9.47. The Hall–Kier alpha value is -2.08. The van der Waals surface area contributed by atoms with Crippen molar-refractivity contribution in [3.05, 3.63) is 29.3 Å². The van der Waals surface area contributed by atoms with Crippen LogP contribution >= 0.6 is 0 Å². The topological polar surface area (TPSA) is 102 Å². The minimum absolute atomic E-state index is 0.0376. The number of benzene rings is 1. The van der Waals surface area contributed by atoms with Crippen molar-refractivity contribution in [1.82, 2.24) is 5.43 Å². The molecular formula is C9H10N2O4. The van der Waals surface area contributed by atoms with Crippen LogP contribution in [0.4, 0.5) is 0 Å². The largest absolute Gasteiger partial charge is 0.496 e. The minimum Gasteiger partial charge on any atom is -0.496 e. The maximum atomic E-state index is 11.3. The summed E-state index contributed by atoms with van der Waals surface area (Å²) in [4.78, 5) is 22.2. The molecule has 15 heavy (non-hydrogen) atoms. The summed E-state index contributed by atoms with van der Waals surface area (Å²) in [7, 11) is 1.33. The lowest BCUT2D eigenvalue weighted by Crippen LogP contribution is -2.31. The van der Waals surface area contributed by atoms with Crippen molar-refractivity contribution in [2.45, 2.75) is 0 Å². The molecule has 0 bridgehead atoms. The highest BCUT2D eigenvalue weighted by molar-refractivity contribution is 6.06. The number of methoxy groups -OCH3 is 1. The molecule has 0 aromatic heterocycles. The zero-order chi connectivity index (χ0) is 11.4. The van der Waals surface area contributed by atoms with Crippen LogP contribution in [0.25, 0.3) is 0 Å². The molecule has 80 valence electrons. The number of carbonyl (C=O) groups is 2. The van der Waals surface area contributed by atoms with Gasteiger partial charge in [-0.05, 0) is 12.1 Å². The Morgan fingerprint density at radius 3 is 2.60 bits per heavy atom. The number of hydrogen-bond donors (Lipinski definition) is 3. The van der Waals surface area contributed by atoms with Gasteiger partial charge in [0.25, 0.3) is 5.91 Å². The predicted octanol–water partition coefficient (Wildman–Crippen LogP) is -0.00310. The van der Waals surface area contributed by atoms with Gasteiger partial charge in [0.1, 0.15) is 11.3 Å². The van der Waals surface area contributed by atoms with E-state index in [2.05, 4.69) is 0 Å². The highest BCUT2D eigenvalue weighted by atomic mass is 16.5. The van der Waals surface area contributed by atoms with Crippen LogP contribution in [0.1, 0.15) is 20.7 Å². The molecule has 1 amide bonds. The smallest absolute Gasteiger partial charge is 0.340 e. The van der Waals surface area contributed by atoms with Crippen LogP contribution in [0.5, 0.6) is 5.75 Å². The third-order valence-electron chi connectivity index (χ3n) is 1.84. The summed E-state index contributed by atoms with van der Waals surface area (Å²) in [6.45, 7) is 0. The van der Waals surface area contributed by atoms with E-state index in [-0.39, 0.29) is 16.9 Å². The summed E-state index contributed by atoms with van der Waals surface area (Å²) in [6.07, 6.45) is 0. The highest BCUT2D eigenvalue weighted by Gasteiger charge is 2.20. The van der Waals surface area contributed by atoms with E-state index in [1.54, 1.807) is 0 Å². The maximum absolute atomic E-state index is 11.3. The lowest BCUT2D eigenvalue weighted by molar-refractivity contribution is 0.0687. The first-order valence-electron chi connectivity index (χ1n) is 4.03. The number of rotatable bonds is 3. The van der Waals surface area contributed by atoms with E-state index in [9.17, 15) is 9.59 Å². The number of ether oxygens (including phenoxy) is 1. The Balaban J connectivity index is 3.38. The predicted molar refractivity (Wildman–Crippen MR) is 51.6 cm³/mol. The number of nitrogens with one attached hydrogen (secondary N) is 1. The average molecular weight is 210 g/mol. The molecule has 0 aliphatic carbocycles. The molecule has 0 atom stereocenters. The maximum Gasteiger partial charge on any atom is 0.340 e. The molecule has 0 unspecified atom stereocenters. The van der Waals surface area contributed by atoms with E-state index in [0.717, 1.165) is 0 Å². The molecule has 6 heteroatoms. The molecule has 0 radical (unpaired) electrons. The van der Waals surface area contributed by atoms with E-state index >= 15 is 0 Å². The molecule has 0 heterocycles. The van der Waals surface area contributed by atoms with Gasteiger partial charge in [-0.2, -0.15) is 0 Å². The first kappa shape index (κ1) is 11.0. The van der Waals surface area contributed by atoms with E-state index in [1.807, 2.05) is 5.43 Å². The Morgan fingerprint density at radius 1 is 1.47 bits per heavy atom. The summed E-state index contributed by atoms with van der Waals surface area (Å²) in [5, 5.41) is 8.92. The number of carboxylic acids is 1. The van der Waals surface area contributed by atoms with E-state index in [4.69, 9.17) is 15.7 Å². The summed E-state index contributed by atoms with van der Waals surface area (Å²) in [5.74, 6) is 3.13. The van der Waals surface area contributed by atoms with Crippen molar-refractivity contribution < 1.29 is 19.4 Å². The summed E-state index contributed by atoms with van der Waals surface area (Å²) >= 11 is 0. The average Bonchev–Trinajstić information content (AvgIpc) is 2.26. The van der Waals surface area contributed by atoms with Crippen LogP contribution in [0.3, 0.4) is 0 Å². The number of aromatic carboxylic acids is 1. The second-order valence-corrected chi connectivity index (χ2v) is 2.66. The number of amides is 1. The quantitative estimate of drug-likeness (QED) is 0.370. The number of nitrogens with two attached hydrogens (primary N) is 1. The second-order valence-electron chi connectivity index (χ2n) is 2.66. The first-order valence-corrected chi connectivity index (χ1v) is 4.03. The van der Waals surface area contributed by atoms with Crippen molar-refractivity contribution in [2.75, 3.05) is 7.11 Å². The van der Waals surface area contributed by atoms with Gasteiger partial charge in [0.2, 0.25) is 0 Å². The standard InChI is InChI=1S/C9H10N2O4/c1-15-6-4-2-3-5(8(12)11-10)7(6)9(13)14/h2-4H,10H2,1H3,(H,11,12)(H,13,14). The summed E-state index contributed by atoms with van der Waals surface area (Å²) < 4.78 is 4.84. The monoisotopic (exact) mass is 210 g/mol. The fourth-order valence-electron chi connectivity index (χ4n) is 1.19. The molecule has 0 spiro atoms. The van der Waals surface area contributed by atoms with E-state index in [1.165, 1.54) is 25.3 Å². The van der Waals surface area contributed by atoms with Gasteiger partial charge in [-0.25, -0.2) is 10.6 Å². The van der Waals surface area contributed by atoms with Crippen molar-refractivity contribution in [3.8, 4) is 5.75 Å². The molecule has 0 fully saturated rings. The van der Waals surface area contributed by atoms with Gasteiger partial charge >= 0.3 is 5.97 Å². The molecular weight excluding hydrogens is 200 g/mol. The summed E-state index contributed by atoms with van der Waals surface area (Å²) in [5.41, 5.74) is 1.63. The molecule has 1 aromatic rings. The Labute approximate surface area is 85.6 Å². The molecule has 0 aliphatic rings. The molecule has 0 saturated carbocycles. The summed E-state index contributed by atoms with van der Waals surface area (Å²) in [6, 6.07) is 4.32. The van der Waals surface area contributed by atoms with Crippen LogP contribution in [-0.2, 0) is 0 Å². The first-order chi connectivity index (χ1) is 7.11. The SMILES string of the molecule is COc1cccc(C(=O)NN)c1C(=O)O. The number of nitrogen functional groups attached to an aromatic ring is 1. The van der Waals surface area contributed by atoms with Gasteiger partial charge < -0.3 is 9.84 Å². The third-order valence-corrected chi connectivity index (χ3v) is 1.84. The molecule has 0 aliphatic heterocycles. The van der Waals surface area contributed by atoms with Gasteiger partial charge in [0, 0.05) is 0 Å². The molecule has 4 N–H and O–H groups in total. The molecule has 1 aromatic carbocycles. The number of hydrogen-bond acceptors (Lipinski definition) is 4.